The number of benzene rings is 1. The van der Waals surface area contributed by atoms with Crippen molar-refractivity contribution in [3.05, 3.63) is 38.3 Å². The predicted octanol–water partition coefficient (Wildman–Crippen LogP) is 2.92. The van der Waals surface area contributed by atoms with Crippen molar-refractivity contribution in [2.24, 2.45) is 5.92 Å². The fraction of sp³-hybridized carbons (Fsp3) is 0.364. The van der Waals surface area contributed by atoms with Crippen LogP contribution in [0.15, 0.2) is 22.7 Å². The molecule has 1 aliphatic carbocycles. The maximum absolute atomic E-state index is 11.7. The molecule has 1 saturated carbocycles. The molecule has 0 aromatic heterocycles. The van der Waals surface area contributed by atoms with Crippen LogP contribution in [0, 0.1) is 16.0 Å². The fourth-order valence-corrected chi connectivity index (χ4v) is 1.75. The van der Waals surface area contributed by atoms with E-state index in [1.165, 1.54) is 18.2 Å². The van der Waals surface area contributed by atoms with Crippen molar-refractivity contribution in [1.29, 1.82) is 0 Å². The first-order valence-corrected chi connectivity index (χ1v) is 5.98. The molecule has 90 valence electrons. The van der Waals surface area contributed by atoms with Crippen LogP contribution in [-0.2, 0) is 4.74 Å². The highest BCUT2D eigenvalue weighted by Gasteiger charge is 2.24. The molecule has 0 aliphatic heterocycles. The molecule has 1 fully saturated rings. The zero-order chi connectivity index (χ0) is 12.4. The maximum atomic E-state index is 11.7. The maximum Gasteiger partial charge on any atom is 0.339 e. The number of nitrogens with zero attached hydrogens (tertiary/aromatic N) is 1. The van der Waals surface area contributed by atoms with E-state index in [4.69, 9.17) is 4.74 Å². The summed E-state index contributed by atoms with van der Waals surface area (Å²) < 4.78 is 5.58. The molecule has 0 saturated heterocycles. The average molecular weight is 300 g/mol. The van der Waals surface area contributed by atoms with Crippen LogP contribution in [0.1, 0.15) is 23.2 Å². The van der Waals surface area contributed by atoms with Gasteiger partial charge >= 0.3 is 5.97 Å². The van der Waals surface area contributed by atoms with Crippen LogP contribution < -0.4 is 0 Å². The van der Waals surface area contributed by atoms with Crippen molar-refractivity contribution >= 4 is 27.6 Å². The van der Waals surface area contributed by atoms with Gasteiger partial charge in [-0.2, -0.15) is 0 Å². The number of nitro benzene ring substituents is 1. The minimum Gasteiger partial charge on any atom is -0.462 e. The number of hydrogen-bond donors (Lipinski definition) is 0. The van der Waals surface area contributed by atoms with E-state index in [1.807, 2.05) is 0 Å². The molecule has 0 unspecified atom stereocenters. The van der Waals surface area contributed by atoms with Crippen LogP contribution >= 0.6 is 15.9 Å². The summed E-state index contributed by atoms with van der Waals surface area (Å²) in [5.41, 5.74) is 0.0754. The molecule has 0 radical (unpaired) electrons. The smallest absolute Gasteiger partial charge is 0.339 e. The number of halogens is 1. The summed E-state index contributed by atoms with van der Waals surface area (Å²) in [4.78, 5) is 21.8. The summed E-state index contributed by atoms with van der Waals surface area (Å²) in [6.45, 7) is 0.397. The van der Waals surface area contributed by atoms with E-state index in [-0.39, 0.29) is 11.3 Å². The zero-order valence-corrected chi connectivity index (χ0v) is 10.5. The molecule has 6 heteroatoms. The Hall–Kier alpha value is -1.43. The normalized spacial score (nSPS) is 14.4. The number of carbonyl (C=O) groups excluding carboxylic acids is 1. The van der Waals surface area contributed by atoms with E-state index < -0.39 is 10.9 Å². The van der Waals surface area contributed by atoms with Crippen molar-refractivity contribution in [2.75, 3.05) is 6.61 Å². The monoisotopic (exact) mass is 299 g/mol. The van der Waals surface area contributed by atoms with Crippen molar-refractivity contribution in [2.45, 2.75) is 12.8 Å². The average Bonchev–Trinajstić information content (AvgIpc) is 3.10. The minimum absolute atomic E-state index is 0.119. The predicted molar refractivity (Wildman–Crippen MR) is 63.8 cm³/mol. The summed E-state index contributed by atoms with van der Waals surface area (Å²) >= 11 is 3.18. The first-order valence-electron chi connectivity index (χ1n) is 5.19. The topological polar surface area (TPSA) is 69.4 Å². The van der Waals surface area contributed by atoms with E-state index in [1.54, 1.807) is 0 Å². The Kier molecular flexibility index (Phi) is 3.42. The van der Waals surface area contributed by atoms with Gasteiger partial charge in [-0.1, -0.05) is 0 Å². The van der Waals surface area contributed by atoms with Gasteiger partial charge in [0.15, 0.2) is 0 Å². The van der Waals surface area contributed by atoms with Crippen LogP contribution in [0.2, 0.25) is 0 Å². The van der Waals surface area contributed by atoms with Gasteiger partial charge in [0, 0.05) is 16.6 Å². The van der Waals surface area contributed by atoms with Crippen LogP contribution in [0.4, 0.5) is 5.69 Å². The van der Waals surface area contributed by atoms with Crippen LogP contribution in [0.3, 0.4) is 0 Å². The fourth-order valence-electron chi connectivity index (χ4n) is 1.34. The van der Waals surface area contributed by atoms with Crippen molar-refractivity contribution in [3.63, 3.8) is 0 Å². The molecule has 0 N–H and O–H groups in total. The van der Waals surface area contributed by atoms with Gasteiger partial charge in [0.25, 0.3) is 5.69 Å². The lowest BCUT2D eigenvalue weighted by Gasteiger charge is -2.05. The summed E-state index contributed by atoms with van der Waals surface area (Å²) in [5, 5.41) is 10.6. The van der Waals surface area contributed by atoms with Crippen LogP contribution in [0.5, 0.6) is 0 Å². The number of non-ortho nitro benzene ring substituents is 1. The molecule has 0 atom stereocenters. The molecule has 2 rings (SSSR count). The first-order chi connectivity index (χ1) is 8.08. The molecule has 0 bridgehead atoms. The lowest BCUT2D eigenvalue weighted by molar-refractivity contribution is -0.384. The summed E-state index contributed by atoms with van der Waals surface area (Å²) in [7, 11) is 0. The Bertz CT molecular complexity index is 471. The Morgan fingerprint density at radius 3 is 2.82 bits per heavy atom. The Morgan fingerprint density at radius 2 is 2.24 bits per heavy atom. The highest BCUT2D eigenvalue weighted by molar-refractivity contribution is 9.10. The molecule has 0 amide bonds. The van der Waals surface area contributed by atoms with Gasteiger partial charge in [0.05, 0.1) is 17.1 Å². The molecule has 17 heavy (non-hydrogen) atoms. The van der Waals surface area contributed by atoms with Gasteiger partial charge in [-0.15, -0.1) is 0 Å². The number of rotatable bonds is 4. The van der Waals surface area contributed by atoms with Gasteiger partial charge in [-0.25, -0.2) is 4.79 Å². The van der Waals surface area contributed by atoms with Gasteiger partial charge in [-0.3, -0.25) is 10.1 Å². The summed E-state index contributed by atoms with van der Waals surface area (Å²) in [6.07, 6.45) is 2.17. The molecule has 1 aromatic carbocycles. The molecular formula is C11H10BrNO4. The Morgan fingerprint density at radius 1 is 1.53 bits per heavy atom. The van der Waals surface area contributed by atoms with E-state index in [2.05, 4.69) is 15.9 Å². The van der Waals surface area contributed by atoms with E-state index in [0.717, 1.165) is 12.8 Å². The lowest BCUT2D eigenvalue weighted by atomic mass is 10.2. The molecule has 1 aliphatic rings. The number of ether oxygens (including phenoxy) is 1. The molecule has 0 spiro atoms. The second kappa shape index (κ2) is 4.83. The Balaban J connectivity index is 2.13. The zero-order valence-electron chi connectivity index (χ0n) is 8.89. The van der Waals surface area contributed by atoms with Crippen LogP contribution in [0.25, 0.3) is 0 Å². The molecule has 5 nitrogen and oxygen atoms in total. The molecule has 0 heterocycles. The second-order valence-electron chi connectivity index (χ2n) is 3.96. The second-order valence-corrected chi connectivity index (χ2v) is 4.82. The van der Waals surface area contributed by atoms with Crippen molar-refractivity contribution in [1.82, 2.24) is 0 Å². The van der Waals surface area contributed by atoms with E-state index >= 15 is 0 Å². The van der Waals surface area contributed by atoms with E-state index in [0.29, 0.717) is 17.0 Å². The number of hydrogen-bond acceptors (Lipinski definition) is 4. The molecular weight excluding hydrogens is 290 g/mol. The van der Waals surface area contributed by atoms with Gasteiger partial charge < -0.3 is 4.74 Å². The highest BCUT2D eigenvalue weighted by atomic mass is 79.9. The number of nitro groups is 1. The lowest BCUT2D eigenvalue weighted by Crippen LogP contribution is -2.08. The highest BCUT2D eigenvalue weighted by Crippen LogP contribution is 2.30. The summed E-state index contributed by atoms with van der Waals surface area (Å²) in [6, 6.07) is 4.03. The Labute approximate surface area is 106 Å². The molecule has 1 aromatic rings. The quantitative estimate of drug-likeness (QED) is 0.487. The third kappa shape index (κ3) is 3.03. The number of esters is 1. The third-order valence-electron chi connectivity index (χ3n) is 2.53. The van der Waals surface area contributed by atoms with Crippen molar-refractivity contribution < 1.29 is 14.5 Å². The van der Waals surface area contributed by atoms with Crippen molar-refractivity contribution in [3.8, 4) is 0 Å². The largest absolute Gasteiger partial charge is 0.462 e. The van der Waals surface area contributed by atoms with Gasteiger partial charge in [-0.05, 0) is 40.8 Å². The van der Waals surface area contributed by atoms with Gasteiger partial charge in [0.1, 0.15) is 0 Å². The van der Waals surface area contributed by atoms with E-state index in [9.17, 15) is 14.9 Å². The van der Waals surface area contributed by atoms with Gasteiger partial charge in [0.2, 0.25) is 0 Å². The van der Waals surface area contributed by atoms with Crippen LogP contribution in [-0.4, -0.2) is 17.5 Å². The minimum atomic E-state index is -0.538. The summed E-state index contributed by atoms with van der Waals surface area (Å²) in [5.74, 6) is -0.0519. The standard InChI is InChI=1S/C11H10BrNO4/c12-10-4-3-8(13(15)16)5-9(10)11(14)17-6-7-1-2-7/h3-5,7H,1-2,6H2. The third-order valence-corrected chi connectivity index (χ3v) is 3.22. The first kappa shape index (κ1) is 12.0. The number of carbonyl (C=O) groups is 1. The SMILES string of the molecule is O=C(OCC1CC1)c1cc([N+](=O)[O-])ccc1Br.